The number of halogens is 2. The standard InChI is InChI=1S/C23H21ClINO2/c1-15-4-7-17(8-5-15)14-28-23-21(25)10-18(11-22(23)27-3)13-26-19-9-6-16(2)20(24)12-19/h4-13H,14H2,1-3H3. The number of methoxy groups -OCH3 is 1. The van der Waals surface area contributed by atoms with Crippen LogP contribution in [0.15, 0.2) is 59.6 Å². The normalized spacial score (nSPS) is 11.0. The van der Waals surface area contributed by atoms with Crippen LogP contribution in [0.2, 0.25) is 5.02 Å². The van der Waals surface area contributed by atoms with Crippen LogP contribution >= 0.6 is 34.2 Å². The van der Waals surface area contributed by atoms with Gasteiger partial charge in [-0.25, -0.2) is 0 Å². The summed E-state index contributed by atoms with van der Waals surface area (Å²) in [6.45, 7) is 4.53. The Kier molecular flexibility index (Phi) is 6.97. The van der Waals surface area contributed by atoms with Crippen LogP contribution in [0, 0.1) is 17.4 Å². The average Bonchev–Trinajstić information content (AvgIpc) is 2.69. The lowest BCUT2D eigenvalue weighted by atomic mass is 10.1. The van der Waals surface area contributed by atoms with Crippen molar-refractivity contribution in [2.75, 3.05) is 7.11 Å². The smallest absolute Gasteiger partial charge is 0.174 e. The van der Waals surface area contributed by atoms with Crippen molar-refractivity contribution in [3.63, 3.8) is 0 Å². The summed E-state index contributed by atoms with van der Waals surface area (Å²) in [6.07, 6.45) is 1.80. The molecule has 3 rings (SSSR count). The summed E-state index contributed by atoms with van der Waals surface area (Å²) in [5, 5.41) is 0.710. The third-order valence-corrected chi connectivity index (χ3v) is 5.48. The van der Waals surface area contributed by atoms with E-state index in [1.54, 1.807) is 13.3 Å². The fraction of sp³-hybridized carbons (Fsp3) is 0.174. The predicted octanol–water partition coefficient (Wildman–Crippen LogP) is 6.90. The Hall–Kier alpha value is -2.05. The van der Waals surface area contributed by atoms with E-state index >= 15 is 0 Å². The molecule has 3 aromatic carbocycles. The molecule has 0 aliphatic carbocycles. The summed E-state index contributed by atoms with van der Waals surface area (Å²) in [6, 6.07) is 18.0. The molecule has 0 unspecified atom stereocenters. The fourth-order valence-electron chi connectivity index (χ4n) is 2.61. The fourth-order valence-corrected chi connectivity index (χ4v) is 3.56. The van der Waals surface area contributed by atoms with Crippen molar-refractivity contribution in [3.8, 4) is 11.5 Å². The van der Waals surface area contributed by atoms with E-state index in [9.17, 15) is 0 Å². The van der Waals surface area contributed by atoms with Gasteiger partial charge in [-0.2, -0.15) is 0 Å². The van der Waals surface area contributed by atoms with Crippen LogP contribution in [0.5, 0.6) is 11.5 Å². The first-order valence-corrected chi connectivity index (χ1v) is 10.3. The van der Waals surface area contributed by atoms with Crippen LogP contribution in [-0.2, 0) is 6.61 Å². The van der Waals surface area contributed by atoms with E-state index in [1.165, 1.54) is 5.56 Å². The van der Waals surface area contributed by atoms with E-state index in [-0.39, 0.29) is 0 Å². The van der Waals surface area contributed by atoms with Gasteiger partial charge in [0.1, 0.15) is 6.61 Å². The molecule has 0 spiro atoms. The first kappa shape index (κ1) is 20.7. The number of hydrogen-bond acceptors (Lipinski definition) is 3. The third-order valence-electron chi connectivity index (χ3n) is 4.27. The number of rotatable bonds is 6. The van der Waals surface area contributed by atoms with Gasteiger partial charge in [0.05, 0.1) is 16.4 Å². The second-order valence-electron chi connectivity index (χ2n) is 6.50. The third kappa shape index (κ3) is 5.26. The van der Waals surface area contributed by atoms with Crippen molar-refractivity contribution in [2.45, 2.75) is 20.5 Å². The van der Waals surface area contributed by atoms with Crippen LogP contribution < -0.4 is 9.47 Å². The number of nitrogens with zero attached hydrogens (tertiary/aromatic N) is 1. The van der Waals surface area contributed by atoms with Crippen molar-refractivity contribution >= 4 is 46.1 Å². The Morgan fingerprint density at radius 1 is 1.04 bits per heavy atom. The van der Waals surface area contributed by atoms with Crippen molar-refractivity contribution in [1.29, 1.82) is 0 Å². The van der Waals surface area contributed by atoms with Gasteiger partial charge in [-0.1, -0.05) is 47.5 Å². The molecule has 0 heterocycles. The summed E-state index contributed by atoms with van der Waals surface area (Å²) < 4.78 is 12.6. The molecule has 3 aromatic rings. The number of aliphatic imine (C=N–C) groups is 1. The summed E-state index contributed by atoms with van der Waals surface area (Å²) in [5.41, 5.74) is 5.12. The molecule has 0 aromatic heterocycles. The highest BCUT2D eigenvalue weighted by Crippen LogP contribution is 2.34. The molecule has 0 atom stereocenters. The van der Waals surface area contributed by atoms with E-state index in [0.717, 1.165) is 31.7 Å². The molecule has 0 N–H and O–H groups in total. The van der Waals surface area contributed by atoms with Crippen LogP contribution in [0.1, 0.15) is 22.3 Å². The van der Waals surface area contributed by atoms with Gasteiger partial charge in [-0.3, -0.25) is 4.99 Å². The topological polar surface area (TPSA) is 30.8 Å². The first-order valence-electron chi connectivity index (χ1n) is 8.82. The molecule has 0 radical (unpaired) electrons. The van der Waals surface area contributed by atoms with Gasteiger partial charge in [0.15, 0.2) is 11.5 Å². The highest BCUT2D eigenvalue weighted by molar-refractivity contribution is 14.1. The molecule has 0 fully saturated rings. The van der Waals surface area contributed by atoms with Crippen molar-refractivity contribution in [1.82, 2.24) is 0 Å². The minimum Gasteiger partial charge on any atom is -0.493 e. The van der Waals surface area contributed by atoms with Crippen molar-refractivity contribution in [3.05, 3.63) is 85.4 Å². The minimum absolute atomic E-state index is 0.488. The van der Waals surface area contributed by atoms with E-state index in [2.05, 4.69) is 58.8 Å². The maximum absolute atomic E-state index is 6.17. The first-order chi connectivity index (χ1) is 13.5. The SMILES string of the molecule is COc1cc(C=Nc2ccc(C)c(Cl)c2)cc(I)c1OCc1ccc(C)cc1. The maximum Gasteiger partial charge on any atom is 0.174 e. The zero-order valence-electron chi connectivity index (χ0n) is 16.0. The zero-order valence-corrected chi connectivity index (χ0v) is 18.9. The molecule has 5 heteroatoms. The zero-order chi connectivity index (χ0) is 20.1. The molecular weight excluding hydrogens is 485 g/mol. The van der Waals surface area contributed by atoms with Gasteiger partial charge in [0.2, 0.25) is 0 Å². The summed E-state index contributed by atoms with van der Waals surface area (Å²) in [4.78, 5) is 4.52. The molecule has 0 saturated carbocycles. The highest BCUT2D eigenvalue weighted by Gasteiger charge is 2.11. The maximum atomic E-state index is 6.17. The van der Waals surface area contributed by atoms with Crippen LogP contribution in [0.25, 0.3) is 0 Å². The lowest BCUT2D eigenvalue weighted by Gasteiger charge is -2.13. The number of hydrogen-bond donors (Lipinski definition) is 0. The Morgan fingerprint density at radius 3 is 2.46 bits per heavy atom. The summed E-state index contributed by atoms with van der Waals surface area (Å²) in [5.74, 6) is 1.42. The summed E-state index contributed by atoms with van der Waals surface area (Å²) >= 11 is 8.43. The van der Waals surface area contributed by atoms with E-state index in [1.807, 2.05) is 37.3 Å². The van der Waals surface area contributed by atoms with Crippen LogP contribution in [0.3, 0.4) is 0 Å². The monoisotopic (exact) mass is 505 g/mol. The van der Waals surface area contributed by atoms with Gasteiger partial charge >= 0.3 is 0 Å². The Bertz CT molecular complexity index is 1000. The van der Waals surface area contributed by atoms with Gasteiger partial charge in [0, 0.05) is 11.2 Å². The number of aryl methyl sites for hydroxylation is 2. The molecule has 0 aliphatic rings. The van der Waals surface area contributed by atoms with Crippen molar-refractivity contribution in [2.24, 2.45) is 4.99 Å². The van der Waals surface area contributed by atoms with Crippen molar-refractivity contribution < 1.29 is 9.47 Å². The Balaban J connectivity index is 1.79. The average molecular weight is 506 g/mol. The molecule has 28 heavy (non-hydrogen) atoms. The molecule has 0 aliphatic heterocycles. The van der Waals surface area contributed by atoms with Gasteiger partial charge < -0.3 is 9.47 Å². The molecular formula is C23H21ClINO2. The Labute approximate surface area is 184 Å². The van der Waals surface area contributed by atoms with Gasteiger partial charge in [0.25, 0.3) is 0 Å². The molecule has 0 saturated heterocycles. The number of benzene rings is 3. The van der Waals surface area contributed by atoms with Gasteiger partial charge in [-0.05, 0) is 77.4 Å². The molecule has 3 nitrogen and oxygen atoms in total. The summed E-state index contributed by atoms with van der Waals surface area (Å²) in [7, 11) is 1.64. The molecule has 144 valence electrons. The van der Waals surface area contributed by atoms with E-state index in [4.69, 9.17) is 21.1 Å². The second-order valence-corrected chi connectivity index (χ2v) is 8.07. The lowest BCUT2D eigenvalue weighted by molar-refractivity contribution is 0.282. The van der Waals surface area contributed by atoms with Crippen LogP contribution in [-0.4, -0.2) is 13.3 Å². The van der Waals surface area contributed by atoms with E-state index in [0.29, 0.717) is 17.4 Å². The highest BCUT2D eigenvalue weighted by atomic mass is 127. The second kappa shape index (κ2) is 9.43. The molecule has 0 bridgehead atoms. The quantitative estimate of drug-likeness (QED) is 0.269. The van der Waals surface area contributed by atoms with Crippen LogP contribution in [0.4, 0.5) is 5.69 Å². The minimum atomic E-state index is 0.488. The molecule has 0 amide bonds. The number of ether oxygens (including phenoxy) is 2. The lowest BCUT2D eigenvalue weighted by Crippen LogP contribution is -2.00. The largest absolute Gasteiger partial charge is 0.493 e. The Morgan fingerprint density at radius 2 is 1.79 bits per heavy atom. The van der Waals surface area contributed by atoms with E-state index < -0.39 is 0 Å². The van der Waals surface area contributed by atoms with Gasteiger partial charge in [-0.15, -0.1) is 0 Å². The predicted molar refractivity (Wildman–Crippen MR) is 125 cm³/mol.